The van der Waals surface area contributed by atoms with Crippen LogP contribution in [0.25, 0.3) is 0 Å². The molecule has 0 atom stereocenters. The molecule has 0 saturated heterocycles. The van der Waals surface area contributed by atoms with Gasteiger partial charge in [0.05, 0.1) is 12.4 Å². The number of ether oxygens (including phenoxy) is 1. The molecule has 1 aromatic carbocycles. The Bertz CT molecular complexity index is 707. The highest BCUT2D eigenvalue weighted by Crippen LogP contribution is 2.14. The van der Waals surface area contributed by atoms with E-state index in [1.807, 2.05) is 0 Å². The maximum Gasteiger partial charge on any atom is 0.237 e. The Morgan fingerprint density at radius 2 is 2.10 bits per heavy atom. The first-order valence-corrected chi connectivity index (χ1v) is 8.35. The number of nitrogens with two attached hydrogens (primary N) is 1. The first-order valence-electron chi connectivity index (χ1n) is 5.91. The number of hydrogen-bond donors (Lipinski definition) is 2. The molecule has 2 rings (SSSR count). The van der Waals surface area contributed by atoms with Crippen LogP contribution in [0.4, 0.5) is 11.5 Å². The van der Waals surface area contributed by atoms with Gasteiger partial charge in [-0.2, -0.15) is 0 Å². The van der Waals surface area contributed by atoms with Gasteiger partial charge in [0, 0.05) is 11.8 Å². The third-order valence-corrected chi connectivity index (χ3v) is 3.99. The fourth-order valence-electron chi connectivity index (χ4n) is 1.45. The molecule has 112 valence electrons. The minimum absolute atomic E-state index is 0.00272. The van der Waals surface area contributed by atoms with Gasteiger partial charge < -0.3 is 10.5 Å². The summed E-state index contributed by atoms with van der Waals surface area (Å²) in [6.45, 7) is 0.00272. The van der Waals surface area contributed by atoms with Crippen molar-refractivity contribution in [3.63, 3.8) is 0 Å². The summed E-state index contributed by atoms with van der Waals surface area (Å²) < 4.78 is 31.9. The molecule has 0 aliphatic rings. The van der Waals surface area contributed by atoms with Crippen molar-refractivity contribution >= 4 is 37.5 Å². The number of sulfonamides is 1. The summed E-state index contributed by atoms with van der Waals surface area (Å²) in [5, 5.41) is 0. The highest BCUT2D eigenvalue weighted by Gasteiger charge is 2.12. The molecular weight excluding hydrogens is 360 g/mol. The van der Waals surface area contributed by atoms with Crippen molar-refractivity contribution < 1.29 is 13.2 Å². The molecule has 1 heterocycles. The van der Waals surface area contributed by atoms with E-state index in [1.165, 1.54) is 12.4 Å². The highest BCUT2D eigenvalue weighted by molar-refractivity contribution is 9.10. The van der Waals surface area contributed by atoms with E-state index in [2.05, 4.69) is 30.6 Å². The molecule has 0 spiro atoms. The fraction of sp³-hybridized carbons (Fsp3) is 0.167. The third kappa shape index (κ3) is 5.20. The lowest BCUT2D eigenvalue weighted by atomic mass is 10.3. The van der Waals surface area contributed by atoms with Gasteiger partial charge in [-0.05, 0) is 28.1 Å². The number of nitrogen functional groups attached to an aromatic ring is 1. The molecule has 21 heavy (non-hydrogen) atoms. The van der Waals surface area contributed by atoms with E-state index >= 15 is 0 Å². The smallest absolute Gasteiger partial charge is 0.237 e. The van der Waals surface area contributed by atoms with Gasteiger partial charge >= 0.3 is 0 Å². The predicted molar refractivity (Wildman–Crippen MR) is 83.5 cm³/mol. The number of rotatable bonds is 6. The molecule has 0 bridgehead atoms. The summed E-state index contributed by atoms with van der Waals surface area (Å²) in [7, 11) is -3.55. The number of halogens is 1. The molecule has 7 nitrogen and oxygen atoms in total. The van der Waals surface area contributed by atoms with Crippen LogP contribution in [0.5, 0.6) is 5.75 Å². The van der Waals surface area contributed by atoms with Crippen LogP contribution in [-0.4, -0.2) is 30.7 Å². The van der Waals surface area contributed by atoms with Crippen molar-refractivity contribution in [1.82, 2.24) is 9.97 Å². The minimum Gasteiger partial charge on any atom is -0.492 e. The summed E-state index contributed by atoms with van der Waals surface area (Å²) in [5.74, 6) is 0.468. The number of nitrogens with zero attached hydrogens (tertiary/aromatic N) is 2. The van der Waals surface area contributed by atoms with E-state index in [-0.39, 0.29) is 18.2 Å². The monoisotopic (exact) mass is 372 g/mol. The summed E-state index contributed by atoms with van der Waals surface area (Å²) >= 11 is 3.12. The fourth-order valence-corrected chi connectivity index (χ4v) is 2.48. The van der Waals surface area contributed by atoms with Gasteiger partial charge in [-0.1, -0.05) is 6.07 Å². The number of aromatic nitrogens is 2. The Labute approximate surface area is 130 Å². The number of anilines is 2. The average Bonchev–Trinajstić information content (AvgIpc) is 2.41. The molecule has 0 aliphatic carbocycles. The third-order valence-electron chi connectivity index (χ3n) is 2.36. The van der Waals surface area contributed by atoms with E-state index in [9.17, 15) is 8.42 Å². The second kappa shape index (κ2) is 6.72. The van der Waals surface area contributed by atoms with Crippen molar-refractivity contribution in [2.45, 2.75) is 0 Å². The molecule has 0 fully saturated rings. The van der Waals surface area contributed by atoms with Gasteiger partial charge in [0.25, 0.3) is 0 Å². The highest BCUT2D eigenvalue weighted by atomic mass is 79.9. The van der Waals surface area contributed by atoms with Gasteiger partial charge in [-0.3, -0.25) is 4.72 Å². The molecular formula is C12H13BrN4O3S. The molecule has 9 heteroatoms. The van der Waals surface area contributed by atoms with Crippen molar-refractivity contribution in [2.24, 2.45) is 0 Å². The van der Waals surface area contributed by atoms with Crippen LogP contribution in [0.1, 0.15) is 0 Å². The summed E-state index contributed by atoms with van der Waals surface area (Å²) in [6.07, 6.45) is 2.72. The second-order valence-corrected chi connectivity index (χ2v) is 6.72. The van der Waals surface area contributed by atoms with Crippen LogP contribution in [-0.2, 0) is 10.0 Å². The Kier molecular flexibility index (Phi) is 4.97. The van der Waals surface area contributed by atoms with Crippen LogP contribution < -0.4 is 15.2 Å². The number of hydrogen-bond acceptors (Lipinski definition) is 6. The van der Waals surface area contributed by atoms with E-state index in [0.29, 0.717) is 16.0 Å². The molecule has 0 unspecified atom stereocenters. The SMILES string of the molecule is Nc1cccc(OCCS(=O)(=O)Nc2cnc(Br)cn2)c1. The molecule has 3 N–H and O–H groups in total. The standard InChI is InChI=1S/C12H13BrN4O3S/c13-11-7-16-12(8-15-11)17-21(18,19)5-4-20-10-3-1-2-9(14)6-10/h1-3,6-8H,4-5,14H2,(H,16,17). The van der Waals surface area contributed by atoms with Gasteiger partial charge in [-0.15, -0.1) is 0 Å². The van der Waals surface area contributed by atoms with Gasteiger partial charge in [-0.25, -0.2) is 18.4 Å². The van der Waals surface area contributed by atoms with Gasteiger partial charge in [0.15, 0.2) is 5.82 Å². The van der Waals surface area contributed by atoms with Crippen LogP contribution in [0.15, 0.2) is 41.3 Å². The molecule has 0 saturated carbocycles. The zero-order valence-corrected chi connectivity index (χ0v) is 13.3. The Hall–Kier alpha value is -1.87. The number of benzene rings is 1. The topological polar surface area (TPSA) is 107 Å². The van der Waals surface area contributed by atoms with Crippen molar-refractivity contribution in [3.8, 4) is 5.75 Å². The Morgan fingerprint density at radius 1 is 1.29 bits per heavy atom. The summed E-state index contributed by atoms with van der Waals surface area (Å²) in [4.78, 5) is 7.77. The van der Waals surface area contributed by atoms with E-state index in [4.69, 9.17) is 10.5 Å². The zero-order valence-electron chi connectivity index (χ0n) is 10.9. The molecule has 2 aromatic rings. The van der Waals surface area contributed by atoms with Crippen molar-refractivity contribution in [1.29, 1.82) is 0 Å². The van der Waals surface area contributed by atoms with Crippen molar-refractivity contribution in [3.05, 3.63) is 41.3 Å². The van der Waals surface area contributed by atoms with E-state index in [1.54, 1.807) is 24.3 Å². The lowest BCUT2D eigenvalue weighted by molar-refractivity contribution is 0.341. The summed E-state index contributed by atoms with van der Waals surface area (Å²) in [6, 6.07) is 6.78. The molecule has 0 radical (unpaired) electrons. The van der Waals surface area contributed by atoms with E-state index < -0.39 is 10.0 Å². The maximum absolute atomic E-state index is 11.8. The first kappa shape index (κ1) is 15.5. The van der Waals surface area contributed by atoms with Crippen LogP contribution >= 0.6 is 15.9 Å². The normalized spacial score (nSPS) is 11.1. The van der Waals surface area contributed by atoms with Gasteiger partial charge in [0.1, 0.15) is 22.7 Å². The second-order valence-electron chi connectivity index (χ2n) is 4.07. The Morgan fingerprint density at radius 3 is 2.76 bits per heavy atom. The quantitative estimate of drug-likeness (QED) is 0.746. The van der Waals surface area contributed by atoms with Crippen LogP contribution in [0, 0.1) is 0 Å². The predicted octanol–water partition coefficient (Wildman–Crippen LogP) is 1.64. The largest absolute Gasteiger partial charge is 0.492 e. The molecule has 0 amide bonds. The first-order chi connectivity index (χ1) is 9.94. The van der Waals surface area contributed by atoms with E-state index in [0.717, 1.165) is 0 Å². The summed E-state index contributed by atoms with van der Waals surface area (Å²) in [5.41, 5.74) is 6.16. The van der Waals surface area contributed by atoms with Crippen LogP contribution in [0.3, 0.4) is 0 Å². The number of nitrogens with one attached hydrogen (secondary N) is 1. The Balaban J connectivity index is 1.88. The molecule has 0 aliphatic heterocycles. The zero-order chi connectivity index (χ0) is 15.3. The average molecular weight is 373 g/mol. The van der Waals surface area contributed by atoms with Crippen LogP contribution in [0.2, 0.25) is 0 Å². The minimum atomic E-state index is -3.55. The van der Waals surface area contributed by atoms with Crippen molar-refractivity contribution in [2.75, 3.05) is 22.8 Å². The maximum atomic E-state index is 11.8. The lowest BCUT2D eigenvalue weighted by Gasteiger charge is -2.09. The lowest BCUT2D eigenvalue weighted by Crippen LogP contribution is -2.21. The van der Waals surface area contributed by atoms with Gasteiger partial charge in [0.2, 0.25) is 10.0 Å². The molecule has 1 aromatic heterocycles.